The van der Waals surface area contributed by atoms with E-state index in [0.29, 0.717) is 30.8 Å². The minimum absolute atomic E-state index is 0.227. The first kappa shape index (κ1) is 18.0. The average molecular weight is 382 g/mol. The molecule has 9 heteroatoms. The maximum atomic E-state index is 12.7. The van der Waals surface area contributed by atoms with Crippen molar-refractivity contribution in [3.8, 4) is 0 Å². The largest absolute Gasteiger partial charge is 0.464 e. The molecule has 146 valence electrons. The van der Waals surface area contributed by atoms with Crippen molar-refractivity contribution < 1.29 is 14.3 Å². The maximum Gasteiger partial charge on any atom is 0.358 e. The van der Waals surface area contributed by atoms with Gasteiger partial charge in [0.25, 0.3) is 0 Å². The third-order valence-electron chi connectivity index (χ3n) is 4.94. The molecule has 0 unspecified atom stereocenters. The van der Waals surface area contributed by atoms with Crippen molar-refractivity contribution in [3.63, 3.8) is 0 Å². The molecule has 28 heavy (non-hydrogen) atoms. The van der Waals surface area contributed by atoms with Crippen molar-refractivity contribution in [2.24, 2.45) is 0 Å². The van der Waals surface area contributed by atoms with Crippen LogP contribution < -0.4 is 5.32 Å². The monoisotopic (exact) mass is 382 g/mol. The first-order chi connectivity index (χ1) is 13.6. The van der Waals surface area contributed by atoms with E-state index in [1.54, 1.807) is 4.90 Å². The van der Waals surface area contributed by atoms with E-state index in [1.807, 2.05) is 24.5 Å². The summed E-state index contributed by atoms with van der Waals surface area (Å²) in [6.07, 6.45) is 3.45. The lowest BCUT2D eigenvalue weighted by atomic mass is 10.1. The Morgan fingerprint density at radius 1 is 1.36 bits per heavy atom. The van der Waals surface area contributed by atoms with E-state index < -0.39 is 5.97 Å². The molecule has 4 rings (SSSR count). The number of hydrogen-bond acceptors (Lipinski definition) is 5. The molecule has 9 nitrogen and oxygen atoms in total. The molecule has 0 saturated heterocycles. The predicted molar refractivity (Wildman–Crippen MR) is 103 cm³/mol. The van der Waals surface area contributed by atoms with Gasteiger partial charge in [0, 0.05) is 36.5 Å². The summed E-state index contributed by atoms with van der Waals surface area (Å²) >= 11 is 0. The number of nitrogens with zero attached hydrogens (tertiary/aromatic N) is 4. The molecule has 0 bridgehead atoms. The number of carbonyl (C=O) groups is 2. The molecule has 0 saturated carbocycles. The number of urea groups is 1. The predicted octanol–water partition coefficient (Wildman–Crippen LogP) is 2.55. The number of aryl methyl sites for hydroxylation is 1. The highest BCUT2D eigenvalue weighted by Crippen LogP contribution is 2.23. The van der Waals surface area contributed by atoms with Crippen molar-refractivity contribution in [2.75, 3.05) is 19.0 Å². The highest BCUT2D eigenvalue weighted by Gasteiger charge is 2.28. The Balaban J connectivity index is 1.49. The van der Waals surface area contributed by atoms with Gasteiger partial charge in [-0.1, -0.05) is 6.92 Å². The van der Waals surface area contributed by atoms with E-state index >= 15 is 0 Å². The third-order valence-corrected chi connectivity index (χ3v) is 4.94. The molecular formula is C19H22N6O3. The van der Waals surface area contributed by atoms with Crippen LogP contribution in [0.4, 0.5) is 10.5 Å². The van der Waals surface area contributed by atoms with E-state index in [9.17, 15) is 9.59 Å². The van der Waals surface area contributed by atoms with Crippen LogP contribution in [-0.4, -0.2) is 50.3 Å². The Kier molecular flexibility index (Phi) is 4.72. The van der Waals surface area contributed by atoms with Gasteiger partial charge >= 0.3 is 12.0 Å². The molecule has 0 fully saturated rings. The standard InChI is InChI=1S/C19H22N6O3/c1-3-7-25-11-20-15-9-12(4-5-16(15)25)21-19(27)24-8-6-14-13(10-24)17(23-22-14)18(26)28-2/h4-5,9,11H,3,6-8,10H2,1-2H3,(H,21,27)(H,22,23). The number of anilines is 1. The molecule has 2 N–H and O–H groups in total. The summed E-state index contributed by atoms with van der Waals surface area (Å²) in [4.78, 5) is 30.7. The molecule has 0 atom stereocenters. The van der Waals surface area contributed by atoms with E-state index in [2.05, 4.69) is 32.0 Å². The van der Waals surface area contributed by atoms with Crippen molar-refractivity contribution in [3.05, 3.63) is 41.5 Å². The first-order valence-corrected chi connectivity index (χ1v) is 9.26. The van der Waals surface area contributed by atoms with Crippen molar-refractivity contribution in [1.29, 1.82) is 0 Å². The second-order valence-electron chi connectivity index (χ2n) is 6.76. The number of nitrogens with one attached hydrogen (secondary N) is 2. The molecule has 1 aliphatic rings. The molecule has 2 aromatic heterocycles. The normalized spacial score (nSPS) is 13.4. The Morgan fingerprint density at radius 3 is 3.00 bits per heavy atom. The van der Waals surface area contributed by atoms with E-state index in [4.69, 9.17) is 4.74 Å². The fourth-order valence-corrected chi connectivity index (χ4v) is 3.50. The Bertz CT molecular complexity index is 1040. The molecule has 0 spiro atoms. The zero-order valence-electron chi connectivity index (χ0n) is 15.9. The van der Waals surface area contributed by atoms with Crippen LogP contribution in [0.15, 0.2) is 24.5 Å². The van der Waals surface area contributed by atoms with Crippen LogP contribution in [0.25, 0.3) is 11.0 Å². The quantitative estimate of drug-likeness (QED) is 0.675. The second kappa shape index (κ2) is 7.34. The lowest BCUT2D eigenvalue weighted by Gasteiger charge is -2.27. The van der Waals surface area contributed by atoms with Gasteiger partial charge in [0.15, 0.2) is 5.69 Å². The summed E-state index contributed by atoms with van der Waals surface area (Å²) in [7, 11) is 1.31. The van der Waals surface area contributed by atoms with Crippen LogP contribution in [-0.2, 0) is 24.2 Å². The van der Waals surface area contributed by atoms with E-state index in [0.717, 1.165) is 29.7 Å². The Morgan fingerprint density at radius 2 is 2.21 bits per heavy atom. The van der Waals surface area contributed by atoms with Gasteiger partial charge in [0.1, 0.15) is 0 Å². The lowest BCUT2D eigenvalue weighted by Crippen LogP contribution is -2.39. The molecule has 1 aromatic carbocycles. The highest BCUT2D eigenvalue weighted by molar-refractivity contribution is 5.93. The number of aromatic amines is 1. The lowest BCUT2D eigenvalue weighted by molar-refractivity contribution is 0.0591. The number of imidazole rings is 1. The number of benzene rings is 1. The summed E-state index contributed by atoms with van der Waals surface area (Å²) in [5, 5.41) is 9.81. The van der Waals surface area contributed by atoms with Gasteiger partial charge in [-0.2, -0.15) is 5.10 Å². The molecule has 1 aliphatic heterocycles. The number of esters is 1. The number of carbonyl (C=O) groups excluding carboxylic acids is 2. The van der Waals surface area contributed by atoms with Crippen LogP contribution in [0.3, 0.4) is 0 Å². The van der Waals surface area contributed by atoms with Gasteiger partial charge in [-0.15, -0.1) is 0 Å². The van der Waals surface area contributed by atoms with Crippen LogP contribution in [0.1, 0.15) is 35.1 Å². The van der Waals surface area contributed by atoms with Gasteiger partial charge in [-0.05, 0) is 24.6 Å². The van der Waals surface area contributed by atoms with Crippen LogP contribution >= 0.6 is 0 Å². The number of ether oxygens (including phenoxy) is 1. The van der Waals surface area contributed by atoms with Crippen LogP contribution in [0, 0.1) is 0 Å². The van der Waals surface area contributed by atoms with Crippen molar-refractivity contribution in [2.45, 2.75) is 32.9 Å². The Hall–Kier alpha value is -3.36. The topological polar surface area (TPSA) is 105 Å². The fraction of sp³-hybridized carbons (Fsp3) is 0.368. The van der Waals surface area contributed by atoms with Crippen LogP contribution in [0.5, 0.6) is 0 Å². The van der Waals surface area contributed by atoms with Gasteiger partial charge in [0.2, 0.25) is 0 Å². The number of fused-ring (bicyclic) bond motifs is 2. The van der Waals surface area contributed by atoms with Crippen molar-refractivity contribution >= 4 is 28.7 Å². The van der Waals surface area contributed by atoms with E-state index in [1.165, 1.54) is 7.11 Å². The Labute approximate surface area is 161 Å². The van der Waals surface area contributed by atoms with Gasteiger partial charge in [0.05, 0.1) is 31.0 Å². The summed E-state index contributed by atoms with van der Waals surface area (Å²) < 4.78 is 6.86. The van der Waals surface area contributed by atoms with Crippen molar-refractivity contribution in [1.82, 2.24) is 24.6 Å². The molecule has 3 heterocycles. The zero-order valence-corrected chi connectivity index (χ0v) is 15.9. The number of aromatic nitrogens is 4. The van der Waals surface area contributed by atoms with Crippen LogP contribution in [0.2, 0.25) is 0 Å². The van der Waals surface area contributed by atoms with Gasteiger partial charge < -0.3 is 19.5 Å². The smallest absolute Gasteiger partial charge is 0.358 e. The average Bonchev–Trinajstić information content (AvgIpc) is 3.31. The number of hydrogen-bond donors (Lipinski definition) is 2. The minimum atomic E-state index is -0.507. The number of H-pyrrole nitrogens is 1. The molecular weight excluding hydrogens is 360 g/mol. The number of rotatable bonds is 4. The van der Waals surface area contributed by atoms with Gasteiger partial charge in [-0.25, -0.2) is 14.6 Å². The number of amides is 2. The molecule has 2 amide bonds. The highest BCUT2D eigenvalue weighted by atomic mass is 16.5. The SMILES string of the molecule is CCCn1cnc2cc(NC(=O)N3CCc4[nH]nc(C(=O)OC)c4C3)ccc21. The summed E-state index contributed by atoms with van der Waals surface area (Å²) in [5.74, 6) is -0.507. The molecule has 0 radical (unpaired) electrons. The molecule has 3 aromatic rings. The summed E-state index contributed by atoms with van der Waals surface area (Å²) in [6, 6.07) is 5.48. The summed E-state index contributed by atoms with van der Waals surface area (Å²) in [5.41, 5.74) is 4.39. The maximum absolute atomic E-state index is 12.7. The van der Waals surface area contributed by atoms with Gasteiger partial charge in [-0.3, -0.25) is 5.10 Å². The van der Waals surface area contributed by atoms with E-state index in [-0.39, 0.29) is 11.7 Å². The fourth-order valence-electron chi connectivity index (χ4n) is 3.50. The zero-order chi connectivity index (χ0) is 19.7. The second-order valence-corrected chi connectivity index (χ2v) is 6.76. The molecule has 0 aliphatic carbocycles. The minimum Gasteiger partial charge on any atom is -0.464 e. The third kappa shape index (κ3) is 3.19. The summed E-state index contributed by atoms with van der Waals surface area (Å²) in [6.45, 7) is 3.87. The first-order valence-electron chi connectivity index (χ1n) is 9.26. The number of methoxy groups -OCH3 is 1.